The Kier molecular flexibility index (Phi) is 7.27. The molecule has 1 aliphatic rings. The van der Waals surface area contributed by atoms with Crippen LogP contribution in [0.15, 0.2) is 0 Å². The average Bonchev–Trinajstić information content (AvgIpc) is 2.17. The number of hydrogen-bond acceptors (Lipinski definition) is 8. The second-order valence-corrected chi connectivity index (χ2v) is 4.42. The Morgan fingerprint density at radius 3 is 2.18 bits per heavy atom. The maximum atomic E-state index is 10.4. The molecule has 96 valence electrons. The smallest absolute Gasteiger partial charge is 0.756 e. The van der Waals surface area contributed by atoms with Gasteiger partial charge in [0.1, 0.15) is 24.4 Å². The van der Waals surface area contributed by atoms with Gasteiger partial charge in [-0.25, -0.2) is 0 Å². The molecule has 1 fully saturated rings. The average molecular weight is 282 g/mol. The minimum Gasteiger partial charge on any atom is -0.756 e. The first-order valence-corrected chi connectivity index (χ1v) is 5.78. The summed E-state index contributed by atoms with van der Waals surface area (Å²) >= 11 is 0. The van der Waals surface area contributed by atoms with E-state index in [4.69, 9.17) is 10.00 Å². The number of rotatable bonds is 3. The Hall–Kier alpha value is 0.910. The van der Waals surface area contributed by atoms with Crippen LogP contribution in [0.1, 0.15) is 0 Å². The molecule has 2 unspecified atom stereocenters. The molecule has 1 heterocycles. The molecule has 0 spiro atoms. The van der Waals surface area contributed by atoms with Crippen molar-refractivity contribution in [1.29, 1.82) is 0 Å². The molecule has 0 aliphatic carbocycles. The van der Waals surface area contributed by atoms with Gasteiger partial charge in [0.15, 0.2) is 6.29 Å². The molecule has 9 nitrogen and oxygen atoms in total. The molecule has 6 atom stereocenters. The Morgan fingerprint density at radius 1 is 1.24 bits per heavy atom. The van der Waals surface area contributed by atoms with E-state index in [2.05, 4.69) is 9.26 Å². The number of ether oxygens (including phenoxy) is 1. The van der Waals surface area contributed by atoms with Crippen LogP contribution in [-0.4, -0.2) is 62.6 Å². The molecular formula is C6H12NaO9P. The van der Waals surface area contributed by atoms with Gasteiger partial charge >= 0.3 is 29.6 Å². The molecule has 0 bridgehead atoms. The first kappa shape index (κ1) is 17.9. The van der Waals surface area contributed by atoms with Crippen LogP contribution in [0.5, 0.6) is 0 Å². The monoisotopic (exact) mass is 282 g/mol. The van der Waals surface area contributed by atoms with Gasteiger partial charge in [0, 0.05) is 0 Å². The first-order valence-electron chi connectivity index (χ1n) is 4.29. The van der Waals surface area contributed by atoms with Gasteiger partial charge in [-0.2, -0.15) is 0 Å². The third-order valence-electron chi connectivity index (χ3n) is 2.09. The Labute approximate surface area is 119 Å². The summed E-state index contributed by atoms with van der Waals surface area (Å²) < 4.78 is 19.0. The molecule has 17 heavy (non-hydrogen) atoms. The molecule has 0 aromatic heterocycles. The minimum atomic E-state index is -5.16. The number of aliphatic hydroxyl groups is 4. The number of phosphoric ester groups is 1. The van der Waals surface area contributed by atoms with Crippen molar-refractivity contribution in [3.63, 3.8) is 0 Å². The van der Waals surface area contributed by atoms with Crippen LogP contribution in [0.2, 0.25) is 0 Å². The summed E-state index contributed by atoms with van der Waals surface area (Å²) in [6.45, 7) is -0.723. The third-order valence-corrected chi connectivity index (χ3v) is 2.56. The van der Waals surface area contributed by atoms with E-state index in [9.17, 15) is 24.8 Å². The van der Waals surface area contributed by atoms with E-state index in [1.54, 1.807) is 0 Å². The Bertz CT molecular complexity index is 281. The maximum Gasteiger partial charge on any atom is 1.00 e. The first-order chi connectivity index (χ1) is 7.26. The number of phosphoric acid groups is 1. The minimum absolute atomic E-state index is 0. The SMILES string of the molecule is O=P([O-])(O)OC1O[C@H](CO)[C@@H](O)[C@H](O)[C@H]1O.[Na+]. The van der Waals surface area contributed by atoms with Crippen molar-refractivity contribution in [2.75, 3.05) is 6.61 Å². The Balaban J connectivity index is 0.00000256. The molecule has 1 rings (SSSR count). The quantitative estimate of drug-likeness (QED) is 0.250. The number of aliphatic hydroxyl groups excluding tert-OH is 4. The molecule has 0 aromatic carbocycles. The summed E-state index contributed by atoms with van der Waals surface area (Å²) in [6.07, 6.45) is -8.43. The van der Waals surface area contributed by atoms with E-state index in [1.165, 1.54) is 0 Å². The summed E-state index contributed by atoms with van der Waals surface area (Å²) in [5.41, 5.74) is 0. The molecular weight excluding hydrogens is 270 g/mol. The van der Waals surface area contributed by atoms with Crippen molar-refractivity contribution in [2.45, 2.75) is 30.7 Å². The topological polar surface area (TPSA) is 160 Å². The predicted octanol–water partition coefficient (Wildman–Crippen LogP) is -6.73. The zero-order chi connectivity index (χ0) is 12.5. The van der Waals surface area contributed by atoms with Gasteiger partial charge in [-0.05, 0) is 0 Å². The van der Waals surface area contributed by atoms with Crippen molar-refractivity contribution in [1.82, 2.24) is 0 Å². The van der Waals surface area contributed by atoms with Gasteiger partial charge in [0.05, 0.1) is 6.61 Å². The van der Waals surface area contributed by atoms with Crippen molar-refractivity contribution in [2.24, 2.45) is 0 Å². The van der Waals surface area contributed by atoms with Crippen molar-refractivity contribution >= 4 is 7.82 Å². The van der Waals surface area contributed by atoms with Crippen LogP contribution in [0.3, 0.4) is 0 Å². The fraction of sp³-hybridized carbons (Fsp3) is 1.00. The van der Waals surface area contributed by atoms with Crippen LogP contribution in [-0.2, 0) is 13.8 Å². The van der Waals surface area contributed by atoms with Gasteiger partial charge in [-0.1, -0.05) is 0 Å². The molecule has 5 N–H and O–H groups in total. The van der Waals surface area contributed by atoms with Crippen molar-refractivity contribution in [3.8, 4) is 0 Å². The fourth-order valence-electron chi connectivity index (χ4n) is 1.29. The normalized spacial score (nSPS) is 41.4. The van der Waals surface area contributed by atoms with Crippen molar-refractivity contribution < 1.29 is 73.6 Å². The van der Waals surface area contributed by atoms with E-state index in [1.807, 2.05) is 0 Å². The van der Waals surface area contributed by atoms with E-state index in [0.29, 0.717) is 0 Å². The van der Waals surface area contributed by atoms with Crippen LogP contribution in [0.4, 0.5) is 0 Å². The largest absolute Gasteiger partial charge is 1.00 e. The fourth-order valence-corrected chi connectivity index (χ4v) is 1.72. The van der Waals surface area contributed by atoms with Gasteiger partial charge in [-0.3, -0.25) is 9.09 Å². The summed E-state index contributed by atoms with van der Waals surface area (Å²) in [7, 11) is -5.16. The molecule has 0 amide bonds. The number of hydrogen-bond donors (Lipinski definition) is 5. The summed E-state index contributed by atoms with van der Waals surface area (Å²) in [5, 5.41) is 36.5. The van der Waals surface area contributed by atoms with Gasteiger partial charge in [0.2, 0.25) is 0 Å². The van der Waals surface area contributed by atoms with Crippen LogP contribution < -0.4 is 34.5 Å². The molecule has 0 saturated carbocycles. The molecule has 1 aliphatic heterocycles. The molecule has 1 saturated heterocycles. The van der Waals surface area contributed by atoms with Crippen LogP contribution in [0.25, 0.3) is 0 Å². The zero-order valence-corrected chi connectivity index (χ0v) is 11.8. The standard InChI is InChI=1S/C6H13O9P.Na/c7-1-2-3(8)4(9)5(10)6(14-2)15-16(11,12)13;/h2-10H,1H2,(H2,11,12,13);/q;+1/p-1/t2-,3-,4+,5-,6?;/m1./s1. The van der Waals surface area contributed by atoms with Gasteiger partial charge in [0.25, 0.3) is 7.82 Å². The van der Waals surface area contributed by atoms with Gasteiger partial charge in [-0.15, -0.1) is 0 Å². The zero-order valence-electron chi connectivity index (χ0n) is 8.91. The van der Waals surface area contributed by atoms with Crippen molar-refractivity contribution in [3.05, 3.63) is 0 Å². The third kappa shape index (κ3) is 4.83. The summed E-state index contributed by atoms with van der Waals surface area (Å²) in [4.78, 5) is 18.8. The van der Waals surface area contributed by atoms with Crippen LogP contribution >= 0.6 is 7.82 Å². The van der Waals surface area contributed by atoms with Crippen LogP contribution in [0, 0.1) is 0 Å². The predicted molar refractivity (Wildman–Crippen MR) is 44.7 cm³/mol. The second-order valence-electron chi connectivity index (χ2n) is 3.27. The molecule has 0 aromatic rings. The summed E-state index contributed by atoms with van der Waals surface area (Å²) in [5.74, 6) is 0. The van der Waals surface area contributed by atoms with Gasteiger partial charge < -0.3 is 34.9 Å². The van der Waals surface area contributed by atoms with E-state index >= 15 is 0 Å². The van der Waals surface area contributed by atoms with E-state index < -0.39 is 45.1 Å². The Morgan fingerprint density at radius 2 is 1.76 bits per heavy atom. The van der Waals surface area contributed by atoms with E-state index in [0.717, 1.165) is 0 Å². The summed E-state index contributed by atoms with van der Waals surface area (Å²) in [6, 6.07) is 0. The maximum absolute atomic E-state index is 10.4. The molecule has 0 radical (unpaired) electrons. The second kappa shape index (κ2) is 6.90. The van der Waals surface area contributed by atoms with E-state index in [-0.39, 0.29) is 29.6 Å². The molecule has 11 heteroatoms.